The summed E-state index contributed by atoms with van der Waals surface area (Å²) >= 11 is 0. The minimum atomic E-state index is -0.438. The van der Waals surface area contributed by atoms with Crippen molar-refractivity contribution in [2.75, 3.05) is 45.9 Å². The zero-order valence-corrected chi connectivity index (χ0v) is 13.4. The van der Waals surface area contributed by atoms with Gasteiger partial charge in [0.2, 0.25) is 5.91 Å². The predicted octanol–water partition coefficient (Wildman–Crippen LogP) is -0.295. The Morgan fingerprint density at radius 3 is 1.77 bits per heavy atom. The Balaban J connectivity index is 1.77. The molecule has 2 rings (SSSR count). The number of ether oxygens (including phenoxy) is 1. The Bertz CT molecular complexity index is 425. The molecule has 0 unspecified atom stereocenters. The van der Waals surface area contributed by atoms with Crippen molar-refractivity contribution in [3.63, 3.8) is 0 Å². The summed E-state index contributed by atoms with van der Waals surface area (Å²) in [6.45, 7) is 6.92. The molecule has 0 aromatic carbocycles. The Morgan fingerprint density at radius 2 is 1.27 bits per heavy atom. The summed E-state index contributed by atoms with van der Waals surface area (Å²) in [6.07, 6.45) is 1.96. The van der Waals surface area contributed by atoms with Gasteiger partial charge in [0.15, 0.2) is 0 Å². The van der Waals surface area contributed by atoms with Crippen molar-refractivity contribution >= 4 is 17.7 Å². The molecule has 0 aromatic heterocycles. The van der Waals surface area contributed by atoms with Crippen LogP contribution in [0.1, 0.15) is 26.7 Å². The maximum atomic E-state index is 12.2. The number of hydrogen-bond donors (Lipinski definition) is 0. The van der Waals surface area contributed by atoms with Crippen LogP contribution < -0.4 is 0 Å². The fraction of sp³-hybridized carbons (Fsp3) is 0.800. The second-order valence-electron chi connectivity index (χ2n) is 6.03. The summed E-state index contributed by atoms with van der Waals surface area (Å²) in [4.78, 5) is 41.1. The number of amides is 3. The van der Waals surface area contributed by atoms with Crippen molar-refractivity contribution in [2.24, 2.45) is 0 Å². The quantitative estimate of drug-likeness (QED) is 0.671. The van der Waals surface area contributed by atoms with E-state index in [-0.39, 0.29) is 18.6 Å². The first kappa shape index (κ1) is 16.7. The van der Waals surface area contributed by atoms with E-state index in [1.54, 1.807) is 14.7 Å². The second kappa shape index (κ2) is 7.58. The maximum Gasteiger partial charge on any atom is 0.312 e. The molecule has 7 heteroatoms. The molecular weight excluding hydrogens is 286 g/mol. The van der Waals surface area contributed by atoms with Crippen molar-refractivity contribution in [1.82, 2.24) is 14.7 Å². The molecule has 0 N–H and O–H groups in total. The molecule has 2 aliphatic heterocycles. The number of rotatable bonds is 3. The van der Waals surface area contributed by atoms with Gasteiger partial charge in [-0.2, -0.15) is 0 Å². The van der Waals surface area contributed by atoms with Gasteiger partial charge in [-0.15, -0.1) is 0 Å². The summed E-state index contributed by atoms with van der Waals surface area (Å²) in [5.41, 5.74) is 0. The van der Waals surface area contributed by atoms with Gasteiger partial charge >= 0.3 is 11.8 Å². The lowest BCUT2D eigenvalue weighted by molar-refractivity contribution is -0.153. The van der Waals surface area contributed by atoms with Gasteiger partial charge in [-0.05, 0) is 26.7 Å². The molecule has 0 spiro atoms. The molecule has 2 saturated heterocycles. The third kappa shape index (κ3) is 4.19. The van der Waals surface area contributed by atoms with Gasteiger partial charge < -0.3 is 19.4 Å². The third-order valence-electron chi connectivity index (χ3n) is 4.04. The zero-order valence-electron chi connectivity index (χ0n) is 13.4. The molecule has 2 fully saturated rings. The number of piperazine rings is 1. The van der Waals surface area contributed by atoms with Crippen LogP contribution in [0.15, 0.2) is 0 Å². The lowest BCUT2D eigenvalue weighted by atomic mass is 10.3. The first-order valence-electron chi connectivity index (χ1n) is 7.96. The molecule has 22 heavy (non-hydrogen) atoms. The van der Waals surface area contributed by atoms with Crippen LogP contribution in [0, 0.1) is 0 Å². The normalized spacial score (nSPS) is 19.0. The van der Waals surface area contributed by atoms with Gasteiger partial charge in [0.05, 0.1) is 6.10 Å². The van der Waals surface area contributed by atoms with Crippen LogP contribution >= 0.6 is 0 Å². The topological polar surface area (TPSA) is 70.2 Å². The summed E-state index contributed by atoms with van der Waals surface area (Å²) in [6, 6.07) is 0. The molecule has 0 bridgehead atoms. The molecule has 3 amide bonds. The lowest BCUT2D eigenvalue weighted by Crippen LogP contribution is -2.54. The van der Waals surface area contributed by atoms with E-state index in [4.69, 9.17) is 4.74 Å². The van der Waals surface area contributed by atoms with Crippen LogP contribution in [0.25, 0.3) is 0 Å². The van der Waals surface area contributed by atoms with E-state index in [1.165, 1.54) is 0 Å². The Labute approximate surface area is 131 Å². The summed E-state index contributed by atoms with van der Waals surface area (Å²) in [7, 11) is 0. The third-order valence-corrected chi connectivity index (χ3v) is 4.04. The average Bonchev–Trinajstić information content (AvgIpc) is 3.05. The molecule has 0 saturated carbocycles. The van der Waals surface area contributed by atoms with Crippen molar-refractivity contribution in [2.45, 2.75) is 32.8 Å². The second-order valence-corrected chi connectivity index (χ2v) is 6.03. The molecule has 0 radical (unpaired) electrons. The number of nitrogens with zero attached hydrogens (tertiary/aromatic N) is 3. The van der Waals surface area contributed by atoms with Crippen LogP contribution in [0.4, 0.5) is 0 Å². The number of likely N-dealkylation sites (tertiary alicyclic amines) is 1. The smallest absolute Gasteiger partial charge is 0.312 e. The van der Waals surface area contributed by atoms with Crippen LogP contribution in [-0.4, -0.2) is 84.4 Å². The van der Waals surface area contributed by atoms with Gasteiger partial charge in [0, 0.05) is 39.3 Å². The molecule has 124 valence electrons. The molecule has 7 nitrogen and oxygen atoms in total. The van der Waals surface area contributed by atoms with Crippen LogP contribution in [0.5, 0.6) is 0 Å². The van der Waals surface area contributed by atoms with Crippen molar-refractivity contribution in [3.8, 4) is 0 Å². The average molecular weight is 311 g/mol. The summed E-state index contributed by atoms with van der Waals surface area (Å²) in [5, 5.41) is 0. The highest BCUT2D eigenvalue weighted by Crippen LogP contribution is 2.10. The monoisotopic (exact) mass is 311 g/mol. The van der Waals surface area contributed by atoms with E-state index in [0.717, 1.165) is 12.8 Å². The van der Waals surface area contributed by atoms with E-state index in [9.17, 15) is 14.4 Å². The van der Waals surface area contributed by atoms with Gasteiger partial charge in [-0.25, -0.2) is 0 Å². The van der Waals surface area contributed by atoms with E-state index < -0.39 is 11.8 Å². The Morgan fingerprint density at radius 1 is 0.818 bits per heavy atom. The molecule has 2 heterocycles. The molecule has 0 aromatic rings. The van der Waals surface area contributed by atoms with Crippen molar-refractivity contribution in [3.05, 3.63) is 0 Å². The standard InChI is InChI=1S/C15H25N3O4/c1-12(2)22-11-13(19)16-7-9-18(10-8-16)15(21)14(20)17-5-3-4-6-17/h12H,3-11H2,1-2H3. The Hall–Kier alpha value is -1.63. The number of carbonyl (C=O) groups is 3. The Kier molecular flexibility index (Phi) is 5.76. The van der Waals surface area contributed by atoms with E-state index in [1.807, 2.05) is 13.8 Å². The molecular formula is C15H25N3O4. The fourth-order valence-corrected chi connectivity index (χ4v) is 2.68. The van der Waals surface area contributed by atoms with E-state index in [0.29, 0.717) is 39.3 Å². The number of carbonyl (C=O) groups excluding carboxylic acids is 3. The maximum absolute atomic E-state index is 12.2. The predicted molar refractivity (Wildman–Crippen MR) is 80.1 cm³/mol. The van der Waals surface area contributed by atoms with Crippen molar-refractivity contribution < 1.29 is 19.1 Å². The van der Waals surface area contributed by atoms with Gasteiger partial charge in [0.1, 0.15) is 6.61 Å². The summed E-state index contributed by atoms with van der Waals surface area (Å²) in [5.74, 6) is -0.903. The largest absolute Gasteiger partial charge is 0.369 e. The van der Waals surface area contributed by atoms with Crippen molar-refractivity contribution in [1.29, 1.82) is 0 Å². The van der Waals surface area contributed by atoms with Gasteiger partial charge in [-0.3, -0.25) is 14.4 Å². The van der Waals surface area contributed by atoms with E-state index >= 15 is 0 Å². The molecule has 2 aliphatic rings. The minimum Gasteiger partial charge on any atom is -0.369 e. The SMILES string of the molecule is CC(C)OCC(=O)N1CCN(C(=O)C(=O)N2CCCC2)CC1. The van der Waals surface area contributed by atoms with E-state index in [2.05, 4.69) is 0 Å². The lowest BCUT2D eigenvalue weighted by Gasteiger charge is -2.35. The molecule has 0 atom stereocenters. The summed E-state index contributed by atoms with van der Waals surface area (Å²) < 4.78 is 5.30. The minimum absolute atomic E-state index is 0.0184. The highest BCUT2D eigenvalue weighted by atomic mass is 16.5. The highest BCUT2D eigenvalue weighted by Gasteiger charge is 2.31. The zero-order chi connectivity index (χ0) is 16.1. The van der Waals surface area contributed by atoms with Crippen LogP contribution in [0.2, 0.25) is 0 Å². The fourth-order valence-electron chi connectivity index (χ4n) is 2.68. The van der Waals surface area contributed by atoms with Gasteiger partial charge in [-0.1, -0.05) is 0 Å². The van der Waals surface area contributed by atoms with Crippen LogP contribution in [-0.2, 0) is 19.1 Å². The first-order chi connectivity index (χ1) is 10.5. The molecule has 0 aliphatic carbocycles. The van der Waals surface area contributed by atoms with Crippen LogP contribution in [0.3, 0.4) is 0 Å². The highest BCUT2D eigenvalue weighted by molar-refractivity contribution is 6.35. The number of hydrogen-bond acceptors (Lipinski definition) is 4. The van der Waals surface area contributed by atoms with Gasteiger partial charge in [0.25, 0.3) is 0 Å². The first-order valence-corrected chi connectivity index (χ1v) is 7.96.